The maximum atomic E-state index is 10.4. The first-order valence-electron chi connectivity index (χ1n) is 3.84. The van der Waals surface area contributed by atoms with Crippen LogP contribution in [0.3, 0.4) is 0 Å². The molecule has 68 valence electrons. The second-order valence-corrected chi connectivity index (χ2v) is 6.03. The summed E-state index contributed by atoms with van der Waals surface area (Å²) in [5.41, 5.74) is 0. The zero-order valence-corrected chi connectivity index (χ0v) is 8.58. The summed E-state index contributed by atoms with van der Waals surface area (Å²) in [6, 6.07) is 0. The van der Waals surface area contributed by atoms with E-state index in [4.69, 9.17) is 10.7 Å². The van der Waals surface area contributed by atoms with Crippen LogP contribution in [-0.2, 0) is 9.05 Å². The van der Waals surface area contributed by atoms with Gasteiger partial charge in [-0.15, -0.1) is 0 Å². The van der Waals surface area contributed by atoms with E-state index in [2.05, 4.69) is 13.8 Å². The van der Waals surface area contributed by atoms with Crippen LogP contribution in [0.1, 0.15) is 33.1 Å². The van der Waals surface area contributed by atoms with Crippen molar-refractivity contribution in [1.82, 2.24) is 0 Å². The number of hydrogen-bond acceptors (Lipinski definition) is 2. The molecular formula is C7H15ClO2S. The van der Waals surface area contributed by atoms with Gasteiger partial charge in [-0.2, -0.15) is 0 Å². The molecule has 0 aliphatic carbocycles. The minimum absolute atomic E-state index is 0.112. The number of unbranched alkanes of at least 4 members (excludes halogenated alkanes) is 1. The van der Waals surface area contributed by atoms with E-state index in [1.54, 1.807) is 0 Å². The molecule has 0 aromatic carbocycles. The van der Waals surface area contributed by atoms with Gasteiger partial charge in [-0.3, -0.25) is 0 Å². The van der Waals surface area contributed by atoms with Crippen LogP contribution in [0, 0.1) is 5.92 Å². The molecule has 0 unspecified atom stereocenters. The quantitative estimate of drug-likeness (QED) is 0.502. The first-order valence-corrected chi connectivity index (χ1v) is 6.32. The maximum Gasteiger partial charge on any atom is 0.232 e. The van der Waals surface area contributed by atoms with Crippen molar-refractivity contribution in [1.29, 1.82) is 0 Å². The van der Waals surface area contributed by atoms with Crippen LogP contribution in [-0.4, -0.2) is 14.2 Å². The highest BCUT2D eigenvalue weighted by Gasteiger charge is 2.04. The second kappa shape index (κ2) is 4.99. The Balaban J connectivity index is 3.30. The minimum Gasteiger partial charge on any atom is -0.212 e. The number of halogens is 1. The van der Waals surface area contributed by atoms with E-state index < -0.39 is 9.05 Å². The highest BCUT2D eigenvalue weighted by atomic mass is 35.7. The van der Waals surface area contributed by atoms with Crippen LogP contribution in [0.5, 0.6) is 0 Å². The third-order valence-electron chi connectivity index (χ3n) is 1.42. The Morgan fingerprint density at radius 3 is 2.18 bits per heavy atom. The molecule has 0 amide bonds. The minimum atomic E-state index is -3.25. The molecule has 0 aromatic rings. The summed E-state index contributed by atoms with van der Waals surface area (Å²) in [7, 11) is 1.77. The Bertz CT molecular complexity index is 185. The third-order valence-corrected chi connectivity index (χ3v) is 2.66. The standard InChI is InChI=1S/C7H15ClO2S/c1-7(2)5-3-4-6-11(8,9)10/h7H,3-6H2,1-2H3. The van der Waals surface area contributed by atoms with E-state index in [0.29, 0.717) is 12.3 Å². The number of hydrogen-bond donors (Lipinski definition) is 0. The molecule has 4 heteroatoms. The molecular weight excluding hydrogens is 184 g/mol. The summed E-state index contributed by atoms with van der Waals surface area (Å²) >= 11 is 0. The molecule has 0 aliphatic rings. The van der Waals surface area contributed by atoms with Crippen LogP contribution in [0.2, 0.25) is 0 Å². The first kappa shape index (κ1) is 11.2. The van der Waals surface area contributed by atoms with Crippen molar-refractivity contribution in [2.24, 2.45) is 5.92 Å². The Morgan fingerprint density at radius 2 is 1.82 bits per heavy atom. The Labute approximate surface area is 73.4 Å². The van der Waals surface area contributed by atoms with Gasteiger partial charge >= 0.3 is 0 Å². The van der Waals surface area contributed by atoms with Gasteiger partial charge in [-0.25, -0.2) is 8.42 Å². The topological polar surface area (TPSA) is 34.1 Å². The number of rotatable bonds is 5. The van der Waals surface area contributed by atoms with E-state index in [1.165, 1.54) is 0 Å². The van der Waals surface area contributed by atoms with Crippen molar-refractivity contribution < 1.29 is 8.42 Å². The molecule has 0 atom stereocenters. The predicted octanol–water partition coefficient (Wildman–Crippen LogP) is 2.38. The van der Waals surface area contributed by atoms with Gasteiger partial charge in [0.25, 0.3) is 0 Å². The lowest BCUT2D eigenvalue weighted by Gasteiger charge is -2.01. The van der Waals surface area contributed by atoms with Gasteiger partial charge in [-0.05, 0) is 12.3 Å². The van der Waals surface area contributed by atoms with Gasteiger partial charge in [0, 0.05) is 10.7 Å². The van der Waals surface area contributed by atoms with Crippen molar-refractivity contribution in [3.8, 4) is 0 Å². The first-order chi connectivity index (χ1) is 4.92. The van der Waals surface area contributed by atoms with Crippen LogP contribution in [0.4, 0.5) is 0 Å². The van der Waals surface area contributed by atoms with E-state index in [1.807, 2.05) is 0 Å². The van der Waals surface area contributed by atoms with E-state index >= 15 is 0 Å². The Kier molecular flexibility index (Phi) is 5.10. The van der Waals surface area contributed by atoms with Crippen LogP contribution in [0.15, 0.2) is 0 Å². The van der Waals surface area contributed by atoms with Crippen molar-refractivity contribution >= 4 is 19.7 Å². The van der Waals surface area contributed by atoms with E-state index in [0.717, 1.165) is 12.8 Å². The second-order valence-electron chi connectivity index (χ2n) is 3.13. The van der Waals surface area contributed by atoms with Gasteiger partial charge in [-0.1, -0.05) is 26.7 Å². The Morgan fingerprint density at radius 1 is 1.27 bits per heavy atom. The molecule has 0 saturated heterocycles. The highest BCUT2D eigenvalue weighted by Crippen LogP contribution is 2.08. The van der Waals surface area contributed by atoms with Crippen LogP contribution in [0.25, 0.3) is 0 Å². The fourth-order valence-electron chi connectivity index (χ4n) is 0.827. The molecule has 0 N–H and O–H groups in total. The molecule has 0 rings (SSSR count). The van der Waals surface area contributed by atoms with E-state index in [-0.39, 0.29) is 5.75 Å². The van der Waals surface area contributed by atoms with Gasteiger partial charge in [0.1, 0.15) is 0 Å². The van der Waals surface area contributed by atoms with Crippen molar-refractivity contribution in [3.05, 3.63) is 0 Å². The summed E-state index contributed by atoms with van der Waals surface area (Å²) in [5, 5.41) is 0. The molecule has 0 spiro atoms. The normalized spacial score (nSPS) is 12.4. The lowest BCUT2D eigenvalue weighted by molar-refractivity contribution is 0.546. The summed E-state index contributed by atoms with van der Waals surface area (Å²) in [4.78, 5) is 0. The van der Waals surface area contributed by atoms with Crippen LogP contribution < -0.4 is 0 Å². The fourth-order valence-corrected chi connectivity index (χ4v) is 1.70. The zero-order chi connectivity index (χ0) is 8.91. The molecule has 0 aromatic heterocycles. The Hall–Kier alpha value is 0.240. The molecule has 0 radical (unpaired) electrons. The summed E-state index contributed by atoms with van der Waals surface area (Å²) in [5.74, 6) is 0.759. The molecule has 11 heavy (non-hydrogen) atoms. The fraction of sp³-hybridized carbons (Fsp3) is 1.00. The van der Waals surface area contributed by atoms with Crippen molar-refractivity contribution in [2.75, 3.05) is 5.75 Å². The average Bonchev–Trinajstić information content (AvgIpc) is 1.78. The molecule has 0 fully saturated rings. The highest BCUT2D eigenvalue weighted by molar-refractivity contribution is 8.13. The summed E-state index contributed by atoms with van der Waals surface area (Å²) in [6.45, 7) is 4.24. The zero-order valence-electron chi connectivity index (χ0n) is 7.01. The largest absolute Gasteiger partial charge is 0.232 e. The monoisotopic (exact) mass is 198 g/mol. The van der Waals surface area contributed by atoms with Gasteiger partial charge in [0.15, 0.2) is 0 Å². The third kappa shape index (κ3) is 10.2. The molecule has 0 aliphatic heterocycles. The summed E-state index contributed by atoms with van der Waals surface area (Å²) in [6.07, 6.45) is 2.71. The lowest BCUT2D eigenvalue weighted by atomic mass is 10.1. The molecule has 0 saturated carbocycles. The lowest BCUT2D eigenvalue weighted by Crippen LogP contribution is -1.97. The van der Waals surface area contributed by atoms with Gasteiger partial charge < -0.3 is 0 Å². The average molecular weight is 199 g/mol. The molecule has 0 bridgehead atoms. The molecule has 0 heterocycles. The van der Waals surface area contributed by atoms with Crippen molar-refractivity contribution in [3.63, 3.8) is 0 Å². The smallest absolute Gasteiger partial charge is 0.212 e. The predicted molar refractivity (Wildman–Crippen MR) is 48.3 cm³/mol. The van der Waals surface area contributed by atoms with Gasteiger partial charge in [0.05, 0.1) is 5.75 Å². The van der Waals surface area contributed by atoms with E-state index in [9.17, 15) is 8.42 Å². The SMILES string of the molecule is CC(C)CCCCS(=O)(=O)Cl. The summed E-state index contributed by atoms with van der Waals surface area (Å²) < 4.78 is 20.9. The maximum absolute atomic E-state index is 10.4. The van der Waals surface area contributed by atoms with Crippen molar-refractivity contribution in [2.45, 2.75) is 33.1 Å². The van der Waals surface area contributed by atoms with Crippen LogP contribution >= 0.6 is 10.7 Å². The van der Waals surface area contributed by atoms with Gasteiger partial charge in [0.2, 0.25) is 9.05 Å². The molecule has 2 nitrogen and oxygen atoms in total.